The van der Waals surface area contributed by atoms with Gasteiger partial charge in [0.2, 0.25) is 15.2 Å². The highest BCUT2D eigenvalue weighted by atomic mass is 32.2. The first-order valence-corrected chi connectivity index (χ1v) is 10.8. The van der Waals surface area contributed by atoms with E-state index in [1.807, 2.05) is 13.8 Å². The third-order valence-electron chi connectivity index (χ3n) is 4.21. The Morgan fingerprint density at radius 2 is 1.85 bits per heavy atom. The smallest absolute Gasteiger partial charge is 0.243 e. The molecule has 9 heteroatoms. The van der Waals surface area contributed by atoms with Gasteiger partial charge in [-0.05, 0) is 37.1 Å². The molecule has 0 aliphatic carbocycles. The van der Waals surface area contributed by atoms with Crippen molar-refractivity contribution in [3.05, 3.63) is 34.8 Å². The van der Waals surface area contributed by atoms with Crippen LogP contribution in [0.3, 0.4) is 0 Å². The van der Waals surface area contributed by atoms with Gasteiger partial charge in [0.15, 0.2) is 5.78 Å². The maximum Gasteiger partial charge on any atom is 0.243 e. The highest BCUT2D eigenvalue weighted by molar-refractivity contribution is 7.89. The van der Waals surface area contributed by atoms with Crippen LogP contribution in [0.15, 0.2) is 29.2 Å². The van der Waals surface area contributed by atoms with Crippen molar-refractivity contribution < 1.29 is 13.2 Å². The van der Waals surface area contributed by atoms with E-state index in [4.69, 9.17) is 0 Å². The number of aromatic nitrogens is 2. The number of nitrogens with zero attached hydrogens (tertiary/aromatic N) is 3. The highest BCUT2D eigenvalue weighted by Gasteiger charge is 2.27. The van der Waals surface area contributed by atoms with Gasteiger partial charge in [0.25, 0.3) is 0 Å². The Balaban J connectivity index is 1.63. The van der Waals surface area contributed by atoms with Crippen LogP contribution < -0.4 is 5.32 Å². The van der Waals surface area contributed by atoms with Crippen molar-refractivity contribution in [1.29, 1.82) is 0 Å². The van der Waals surface area contributed by atoms with E-state index >= 15 is 0 Å². The highest BCUT2D eigenvalue weighted by Crippen LogP contribution is 2.23. The van der Waals surface area contributed by atoms with Crippen LogP contribution in [0.5, 0.6) is 0 Å². The van der Waals surface area contributed by atoms with Crippen LogP contribution in [0.4, 0.5) is 5.13 Å². The zero-order chi connectivity index (χ0) is 18.7. The topological polar surface area (TPSA) is 92.3 Å². The Morgan fingerprint density at radius 3 is 2.42 bits per heavy atom. The van der Waals surface area contributed by atoms with E-state index in [0.717, 1.165) is 17.8 Å². The second kappa shape index (κ2) is 7.81. The van der Waals surface area contributed by atoms with Crippen molar-refractivity contribution in [2.24, 2.45) is 0 Å². The number of hydrogen-bond donors (Lipinski definition) is 1. The minimum Gasteiger partial charge on any atom is -0.353 e. The molecule has 0 saturated carbocycles. The van der Waals surface area contributed by atoms with Crippen LogP contribution in [0, 0.1) is 0 Å². The molecule has 2 aromatic rings. The Labute approximate surface area is 157 Å². The molecule has 2 heterocycles. The Morgan fingerprint density at radius 1 is 1.19 bits per heavy atom. The predicted molar refractivity (Wildman–Crippen MR) is 101 cm³/mol. The van der Waals surface area contributed by atoms with E-state index in [-0.39, 0.29) is 17.2 Å². The molecule has 1 aromatic heterocycles. The molecule has 0 bridgehead atoms. The molecule has 1 fully saturated rings. The molecule has 1 aliphatic heterocycles. The molecule has 140 valence electrons. The zero-order valence-electron chi connectivity index (χ0n) is 14.8. The number of carbonyl (C=O) groups excluding carboxylic acids is 1. The first-order chi connectivity index (χ1) is 12.4. The Hall–Kier alpha value is -1.84. The number of nitrogens with one attached hydrogen (secondary N) is 1. The first kappa shape index (κ1) is 18.9. The number of hydrogen-bond acceptors (Lipinski definition) is 7. The number of rotatable bonds is 7. The number of carbonyl (C=O) groups is 1. The van der Waals surface area contributed by atoms with Gasteiger partial charge in [0.05, 0.1) is 11.4 Å². The lowest BCUT2D eigenvalue weighted by Gasteiger charge is -2.15. The summed E-state index contributed by atoms with van der Waals surface area (Å²) in [6.07, 6.45) is 1.79. The maximum atomic E-state index is 12.5. The molecule has 1 saturated heterocycles. The second-order valence-corrected chi connectivity index (χ2v) is 9.46. The number of anilines is 1. The summed E-state index contributed by atoms with van der Waals surface area (Å²) in [6, 6.07) is 6.13. The molecule has 7 nitrogen and oxygen atoms in total. The van der Waals surface area contributed by atoms with Gasteiger partial charge >= 0.3 is 0 Å². The van der Waals surface area contributed by atoms with E-state index in [1.54, 1.807) is 12.1 Å². The van der Waals surface area contributed by atoms with Crippen LogP contribution in [0.1, 0.15) is 48.0 Å². The molecule has 0 amide bonds. The number of Topliss-reactive ketones (excluding diaryl/α,β-unsaturated/α-hetero) is 1. The van der Waals surface area contributed by atoms with Gasteiger partial charge in [-0.1, -0.05) is 25.2 Å². The third kappa shape index (κ3) is 4.11. The van der Waals surface area contributed by atoms with Crippen molar-refractivity contribution in [3.63, 3.8) is 0 Å². The van der Waals surface area contributed by atoms with E-state index in [9.17, 15) is 13.2 Å². The van der Waals surface area contributed by atoms with Crippen molar-refractivity contribution in [3.8, 4) is 0 Å². The van der Waals surface area contributed by atoms with Crippen LogP contribution in [-0.4, -0.2) is 48.3 Å². The molecule has 0 unspecified atom stereocenters. The fourth-order valence-electron chi connectivity index (χ4n) is 2.69. The van der Waals surface area contributed by atoms with E-state index in [1.165, 1.54) is 27.8 Å². The first-order valence-electron chi connectivity index (χ1n) is 8.58. The molecular formula is C17H22N4O3S2. The monoisotopic (exact) mass is 394 g/mol. The van der Waals surface area contributed by atoms with Crippen LogP contribution in [-0.2, 0) is 10.0 Å². The van der Waals surface area contributed by atoms with Gasteiger partial charge in [-0.25, -0.2) is 8.42 Å². The van der Waals surface area contributed by atoms with Crippen molar-refractivity contribution >= 4 is 32.3 Å². The minimum absolute atomic E-state index is 0.0882. The summed E-state index contributed by atoms with van der Waals surface area (Å²) in [7, 11) is -3.45. The molecule has 3 rings (SSSR count). The number of benzene rings is 1. The molecule has 1 N–H and O–H groups in total. The summed E-state index contributed by atoms with van der Waals surface area (Å²) in [6.45, 7) is 5.28. The van der Waals surface area contributed by atoms with Crippen molar-refractivity contribution in [2.45, 2.75) is 37.5 Å². The van der Waals surface area contributed by atoms with E-state index < -0.39 is 10.0 Å². The summed E-state index contributed by atoms with van der Waals surface area (Å²) in [5, 5.41) is 12.6. The average molecular weight is 395 g/mol. The molecular weight excluding hydrogens is 372 g/mol. The summed E-state index contributed by atoms with van der Waals surface area (Å²) in [5.74, 6) is 0.167. The lowest BCUT2D eigenvalue weighted by atomic mass is 10.1. The Bertz CT molecular complexity index is 870. The van der Waals surface area contributed by atoms with Crippen molar-refractivity contribution in [1.82, 2.24) is 14.5 Å². The van der Waals surface area contributed by atoms with Crippen LogP contribution in [0.2, 0.25) is 0 Å². The lowest BCUT2D eigenvalue weighted by molar-refractivity contribution is 0.101. The zero-order valence-corrected chi connectivity index (χ0v) is 16.4. The molecule has 1 aliphatic rings. The fourth-order valence-corrected chi connectivity index (χ4v) is 4.95. The fraction of sp³-hybridized carbons (Fsp3) is 0.471. The SMILES string of the molecule is CC(C)c1nnc(NCC(=O)c2ccc(S(=O)(=O)N3CCCC3)cc2)s1. The quantitative estimate of drug-likeness (QED) is 0.726. The predicted octanol–water partition coefficient (Wildman–Crippen LogP) is 2.74. The van der Waals surface area contributed by atoms with Gasteiger partial charge < -0.3 is 5.32 Å². The second-order valence-electron chi connectivity index (χ2n) is 6.51. The molecule has 1 aromatic carbocycles. The summed E-state index contributed by atoms with van der Waals surface area (Å²) in [4.78, 5) is 12.5. The van der Waals surface area contributed by atoms with E-state index in [2.05, 4.69) is 15.5 Å². The summed E-state index contributed by atoms with van der Waals surface area (Å²) >= 11 is 1.43. The van der Waals surface area contributed by atoms with Gasteiger partial charge in [0.1, 0.15) is 5.01 Å². The third-order valence-corrected chi connectivity index (χ3v) is 7.31. The van der Waals surface area contributed by atoms with Crippen LogP contribution >= 0.6 is 11.3 Å². The van der Waals surface area contributed by atoms with E-state index in [0.29, 0.717) is 29.7 Å². The molecule has 0 radical (unpaired) electrons. The summed E-state index contributed by atoms with van der Waals surface area (Å²) < 4.78 is 26.5. The largest absolute Gasteiger partial charge is 0.353 e. The number of sulfonamides is 1. The normalized spacial score (nSPS) is 15.5. The standard InChI is InChI=1S/C17H22N4O3S2/c1-12(2)16-19-20-17(25-16)18-11-15(22)13-5-7-14(8-6-13)26(23,24)21-9-3-4-10-21/h5-8,12H,3-4,9-11H2,1-2H3,(H,18,20). The van der Waals surface area contributed by atoms with Gasteiger partial charge in [-0.15, -0.1) is 10.2 Å². The minimum atomic E-state index is -3.45. The molecule has 26 heavy (non-hydrogen) atoms. The number of ketones is 1. The van der Waals surface area contributed by atoms with Gasteiger partial charge in [-0.3, -0.25) is 4.79 Å². The molecule has 0 spiro atoms. The summed E-state index contributed by atoms with van der Waals surface area (Å²) in [5.41, 5.74) is 0.464. The lowest BCUT2D eigenvalue weighted by Crippen LogP contribution is -2.27. The van der Waals surface area contributed by atoms with Gasteiger partial charge in [-0.2, -0.15) is 4.31 Å². The molecule has 0 atom stereocenters. The van der Waals surface area contributed by atoms with Crippen LogP contribution in [0.25, 0.3) is 0 Å². The Kier molecular flexibility index (Phi) is 5.69. The average Bonchev–Trinajstić information content (AvgIpc) is 3.31. The van der Waals surface area contributed by atoms with Crippen molar-refractivity contribution in [2.75, 3.05) is 25.0 Å². The van der Waals surface area contributed by atoms with Gasteiger partial charge in [0, 0.05) is 24.6 Å². The maximum absolute atomic E-state index is 12.5.